The van der Waals surface area contributed by atoms with Crippen molar-refractivity contribution in [2.75, 3.05) is 7.11 Å². The zero-order chi connectivity index (χ0) is 17.1. The Morgan fingerprint density at radius 1 is 0.640 bits per heavy atom. The molecule has 0 unspecified atom stereocenters. The average Bonchev–Trinajstić information content (AvgIpc) is 3.15. The predicted molar refractivity (Wildman–Crippen MR) is 107 cm³/mol. The number of methoxy groups -OCH3 is 1. The minimum absolute atomic E-state index is 0.879. The van der Waals surface area contributed by atoms with Crippen LogP contribution in [0.1, 0.15) is 0 Å². The number of thiophene rings is 1. The van der Waals surface area contributed by atoms with E-state index in [1.165, 1.54) is 32.0 Å². The zero-order valence-electron chi connectivity index (χ0n) is 14.0. The van der Waals surface area contributed by atoms with Crippen molar-refractivity contribution in [2.24, 2.45) is 0 Å². The third-order valence-corrected chi connectivity index (χ3v) is 5.44. The molecule has 0 N–H and O–H groups in total. The molecule has 25 heavy (non-hydrogen) atoms. The Kier molecular flexibility index (Phi) is 4.36. The second-order valence-corrected chi connectivity index (χ2v) is 6.87. The van der Waals surface area contributed by atoms with Crippen molar-refractivity contribution in [1.29, 1.82) is 0 Å². The molecule has 2 heteroatoms. The maximum atomic E-state index is 5.42. The predicted octanol–water partition coefficient (Wildman–Crippen LogP) is 6.76. The second-order valence-electron chi connectivity index (χ2n) is 5.82. The molecule has 4 rings (SSSR count). The Bertz CT molecular complexity index is 971. The van der Waals surface area contributed by atoms with Crippen molar-refractivity contribution in [3.8, 4) is 37.8 Å². The highest BCUT2D eigenvalue weighted by molar-refractivity contribution is 7.19. The molecule has 0 saturated carbocycles. The number of hydrogen-bond acceptors (Lipinski definition) is 2. The lowest BCUT2D eigenvalue weighted by Gasteiger charge is -2.06. The minimum Gasteiger partial charge on any atom is -0.497 e. The molecule has 1 aromatic heterocycles. The molecule has 0 aliphatic rings. The first-order valence-electron chi connectivity index (χ1n) is 8.24. The van der Waals surface area contributed by atoms with Gasteiger partial charge in [0.2, 0.25) is 0 Å². The Hall–Kier alpha value is -2.84. The molecule has 0 radical (unpaired) electrons. The summed E-state index contributed by atoms with van der Waals surface area (Å²) in [5.74, 6) is 0.879. The molecule has 1 heterocycles. The molecular formula is C23H18OS. The molecule has 0 amide bonds. The van der Waals surface area contributed by atoms with Gasteiger partial charge in [-0.2, -0.15) is 0 Å². The summed E-state index contributed by atoms with van der Waals surface area (Å²) in [5.41, 5.74) is 4.91. The van der Waals surface area contributed by atoms with E-state index in [9.17, 15) is 0 Å². The summed E-state index contributed by atoms with van der Waals surface area (Å²) < 4.78 is 5.42. The highest BCUT2D eigenvalue weighted by Crippen LogP contribution is 2.43. The summed E-state index contributed by atoms with van der Waals surface area (Å²) >= 11 is 1.83. The highest BCUT2D eigenvalue weighted by atomic mass is 32.1. The minimum atomic E-state index is 0.879. The molecular weight excluding hydrogens is 324 g/mol. The van der Waals surface area contributed by atoms with Gasteiger partial charge in [0.05, 0.1) is 7.11 Å². The van der Waals surface area contributed by atoms with Crippen LogP contribution in [0.15, 0.2) is 91.0 Å². The van der Waals surface area contributed by atoms with Crippen molar-refractivity contribution in [3.63, 3.8) is 0 Å². The van der Waals surface area contributed by atoms with Crippen molar-refractivity contribution < 1.29 is 4.74 Å². The molecule has 0 aliphatic heterocycles. The van der Waals surface area contributed by atoms with Gasteiger partial charge in [-0.05, 0) is 34.9 Å². The fourth-order valence-corrected chi connectivity index (χ4v) is 4.14. The fourth-order valence-electron chi connectivity index (χ4n) is 2.94. The highest BCUT2D eigenvalue weighted by Gasteiger charge is 2.14. The first-order valence-corrected chi connectivity index (χ1v) is 9.06. The summed E-state index contributed by atoms with van der Waals surface area (Å²) in [6.45, 7) is 0. The number of rotatable bonds is 4. The van der Waals surface area contributed by atoms with Gasteiger partial charge in [-0.1, -0.05) is 72.8 Å². The Morgan fingerprint density at radius 3 is 1.96 bits per heavy atom. The van der Waals surface area contributed by atoms with Crippen molar-refractivity contribution in [2.45, 2.75) is 0 Å². The lowest BCUT2D eigenvalue weighted by molar-refractivity contribution is 0.415. The average molecular weight is 342 g/mol. The number of hydrogen-bond donors (Lipinski definition) is 0. The van der Waals surface area contributed by atoms with E-state index in [0.717, 1.165) is 5.75 Å². The quantitative estimate of drug-likeness (QED) is 0.398. The summed E-state index contributed by atoms with van der Waals surface area (Å²) in [4.78, 5) is 2.56. The van der Waals surface area contributed by atoms with Crippen molar-refractivity contribution in [3.05, 3.63) is 91.0 Å². The van der Waals surface area contributed by atoms with Gasteiger partial charge < -0.3 is 4.74 Å². The third kappa shape index (κ3) is 3.21. The van der Waals surface area contributed by atoms with Crippen molar-refractivity contribution in [1.82, 2.24) is 0 Å². The van der Waals surface area contributed by atoms with Crippen LogP contribution in [-0.2, 0) is 0 Å². The topological polar surface area (TPSA) is 9.23 Å². The summed E-state index contributed by atoms with van der Waals surface area (Å²) in [6, 6.07) is 31.7. The van der Waals surface area contributed by atoms with E-state index < -0.39 is 0 Å². The molecule has 0 aliphatic carbocycles. The monoisotopic (exact) mass is 342 g/mol. The van der Waals surface area contributed by atoms with Gasteiger partial charge in [-0.25, -0.2) is 0 Å². The summed E-state index contributed by atoms with van der Waals surface area (Å²) in [5, 5.41) is 0. The lowest BCUT2D eigenvalue weighted by atomic mass is 10.0. The van der Waals surface area contributed by atoms with E-state index >= 15 is 0 Å². The molecule has 1 nitrogen and oxygen atoms in total. The largest absolute Gasteiger partial charge is 0.497 e. The van der Waals surface area contributed by atoms with Crippen LogP contribution in [0.3, 0.4) is 0 Å². The third-order valence-electron chi connectivity index (χ3n) is 4.21. The summed E-state index contributed by atoms with van der Waals surface area (Å²) in [7, 11) is 1.71. The van der Waals surface area contributed by atoms with Gasteiger partial charge in [0.25, 0.3) is 0 Å². The van der Waals surface area contributed by atoms with E-state index in [0.29, 0.717) is 0 Å². The van der Waals surface area contributed by atoms with Gasteiger partial charge >= 0.3 is 0 Å². The van der Waals surface area contributed by atoms with E-state index in [2.05, 4.69) is 78.9 Å². The molecule has 0 spiro atoms. The first kappa shape index (κ1) is 15.7. The maximum absolute atomic E-state index is 5.42. The van der Waals surface area contributed by atoms with Crippen LogP contribution in [0.5, 0.6) is 5.75 Å². The van der Waals surface area contributed by atoms with Gasteiger partial charge in [0.15, 0.2) is 0 Å². The maximum Gasteiger partial charge on any atom is 0.119 e. The SMILES string of the molecule is COc1cccc(-c2cc(-c3ccccc3)sc2-c2ccccc2)c1. The van der Waals surface area contributed by atoms with E-state index in [-0.39, 0.29) is 0 Å². The smallest absolute Gasteiger partial charge is 0.119 e. The Labute approximate surface area is 152 Å². The van der Waals surface area contributed by atoms with E-state index in [4.69, 9.17) is 4.74 Å². The molecule has 0 atom stereocenters. The standard InChI is InChI=1S/C23H18OS/c1-24-20-14-8-13-19(15-20)21-16-22(17-9-4-2-5-10-17)25-23(21)18-11-6-3-7-12-18/h2-16H,1H3. The summed E-state index contributed by atoms with van der Waals surface area (Å²) in [6.07, 6.45) is 0. The van der Waals surface area contributed by atoms with E-state index in [1.807, 2.05) is 23.5 Å². The van der Waals surface area contributed by atoms with Crippen LogP contribution in [0.4, 0.5) is 0 Å². The van der Waals surface area contributed by atoms with Crippen LogP contribution >= 0.6 is 11.3 Å². The van der Waals surface area contributed by atoms with Gasteiger partial charge in [0, 0.05) is 15.3 Å². The molecule has 0 saturated heterocycles. The van der Waals surface area contributed by atoms with Crippen molar-refractivity contribution >= 4 is 11.3 Å². The van der Waals surface area contributed by atoms with E-state index in [1.54, 1.807) is 7.11 Å². The molecule has 0 bridgehead atoms. The molecule has 4 aromatic rings. The lowest BCUT2D eigenvalue weighted by Crippen LogP contribution is -1.84. The molecule has 122 valence electrons. The van der Waals surface area contributed by atoms with Crippen LogP contribution in [0.25, 0.3) is 32.0 Å². The Balaban J connectivity index is 1.91. The van der Waals surface area contributed by atoms with Gasteiger partial charge in [-0.15, -0.1) is 11.3 Å². The molecule has 3 aromatic carbocycles. The van der Waals surface area contributed by atoms with Gasteiger partial charge in [-0.3, -0.25) is 0 Å². The normalized spacial score (nSPS) is 10.6. The zero-order valence-corrected chi connectivity index (χ0v) is 14.8. The first-order chi connectivity index (χ1) is 12.3. The van der Waals surface area contributed by atoms with Crippen LogP contribution < -0.4 is 4.74 Å². The molecule has 0 fully saturated rings. The Morgan fingerprint density at radius 2 is 1.28 bits per heavy atom. The van der Waals surface area contributed by atoms with Crippen LogP contribution in [0, 0.1) is 0 Å². The number of benzene rings is 3. The number of ether oxygens (including phenoxy) is 1. The second kappa shape index (κ2) is 6.96. The fraction of sp³-hybridized carbons (Fsp3) is 0.0435. The van der Waals surface area contributed by atoms with Crippen LogP contribution in [0.2, 0.25) is 0 Å². The van der Waals surface area contributed by atoms with Crippen LogP contribution in [-0.4, -0.2) is 7.11 Å². The van der Waals surface area contributed by atoms with Gasteiger partial charge in [0.1, 0.15) is 5.75 Å².